The number of ether oxygens (including phenoxy) is 1. The fourth-order valence-corrected chi connectivity index (χ4v) is 6.53. The summed E-state index contributed by atoms with van der Waals surface area (Å²) in [6.07, 6.45) is 10.3. The zero-order valence-corrected chi connectivity index (χ0v) is 29.8. The predicted octanol–water partition coefficient (Wildman–Crippen LogP) is 7.56. The van der Waals surface area contributed by atoms with Crippen molar-refractivity contribution in [1.29, 1.82) is 0 Å². The largest absolute Gasteiger partial charge is 0.545 e. The number of aromatic nitrogens is 3. The number of anilines is 2. The van der Waals surface area contributed by atoms with E-state index in [1.165, 1.54) is 6.26 Å². The molecule has 2 amide bonds. The van der Waals surface area contributed by atoms with E-state index >= 15 is 0 Å². The molecule has 1 saturated heterocycles. The van der Waals surface area contributed by atoms with E-state index in [0.29, 0.717) is 37.5 Å². The second-order valence-corrected chi connectivity index (χ2v) is 19.5. The molecule has 1 N–H and O–H groups in total. The molecule has 1 atom stereocenters. The minimum Gasteiger partial charge on any atom is -0.545 e. The van der Waals surface area contributed by atoms with E-state index in [1.807, 2.05) is 64.5 Å². The Labute approximate surface area is 272 Å². The number of aryl methyl sites for hydroxylation is 1. The predicted molar refractivity (Wildman–Crippen MR) is 182 cm³/mol. The average molecular weight is 649 g/mol. The molecule has 0 saturated carbocycles. The van der Waals surface area contributed by atoms with Gasteiger partial charge in [0.2, 0.25) is 8.32 Å². The van der Waals surface area contributed by atoms with Crippen LogP contribution in [0.5, 0.6) is 0 Å². The van der Waals surface area contributed by atoms with Gasteiger partial charge < -0.3 is 28.7 Å². The molecule has 2 aliphatic heterocycles. The third kappa shape index (κ3) is 7.01. The van der Waals surface area contributed by atoms with Crippen LogP contribution in [0.4, 0.5) is 16.2 Å². The number of hydrogen-bond acceptors (Lipinski definition) is 8. The van der Waals surface area contributed by atoms with Crippen molar-refractivity contribution >= 4 is 42.6 Å². The number of amides is 2. The number of nitrogens with one attached hydrogen (secondary N) is 1. The monoisotopic (exact) mass is 648 g/mol. The highest BCUT2D eigenvalue weighted by atomic mass is 28.4. The number of benzene rings is 1. The highest BCUT2D eigenvalue weighted by Gasteiger charge is 2.41. The van der Waals surface area contributed by atoms with Crippen LogP contribution in [-0.2, 0) is 16.2 Å². The first-order chi connectivity index (χ1) is 21.4. The summed E-state index contributed by atoms with van der Waals surface area (Å²) >= 11 is 0. The maximum Gasteiger partial charge on any atom is 0.410 e. The van der Waals surface area contributed by atoms with Crippen LogP contribution < -0.4 is 10.2 Å². The summed E-state index contributed by atoms with van der Waals surface area (Å²) in [7, 11) is -0.199. The first-order valence-corrected chi connectivity index (χ1v) is 18.9. The van der Waals surface area contributed by atoms with Crippen LogP contribution in [0, 0.1) is 0 Å². The zero-order chi connectivity index (χ0) is 33.6. The number of likely N-dealkylation sites (tertiary alicyclic amines) is 1. The summed E-state index contributed by atoms with van der Waals surface area (Å²) < 4.78 is 19.8. The maximum absolute atomic E-state index is 13.6. The second kappa shape index (κ2) is 12.3. The van der Waals surface area contributed by atoms with E-state index in [-0.39, 0.29) is 34.7 Å². The zero-order valence-electron chi connectivity index (χ0n) is 28.8. The molecule has 0 aliphatic carbocycles. The van der Waals surface area contributed by atoms with Gasteiger partial charge in [-0.2, -0.15) is 5.10 Å². The molecule has 248 valence electrons. The Bertz CT molecular complexity index is 1670. The van der Waals surface area contributed by atoms with E-state index in [9.17, 15) is 9.59 Å². The number of piperidine rings is 1. The average Bonchev–Trinajstić information content (AvgIpc) is 3.60. The van der Waals surface area contributed by atoms with Gasteiger partial charge in [-0.15, -0.1) is 0 Å². The van der Waals surface area contributed by atoms with Gasteiger partial charge >= 0.3 is 6.09 Å². The van der Waals surface area contributed by atoms with E-state index in [0.717, 1.165) is 22.3 Å². The lowest BCUT2D eigenvalue weighted by atomic mass is 9.97. The lowest BCUT2D eigenvalue weighted by molar-refractivity contribution is 0.0199. The van der Waals surface area contributed by atoms with Gasteiger partial charge in [0.15, 0.2) is 11.6 Å². The number of carbonyl (C=O) groups is 2. The molecular formula is C34H48N6O5Si. The summed E-state index contributed by atoms with van der Waals surface area (Å²) in [6, 6.07) is 3.88. The van der Waals surface area contributed by atoms with Gasteiger partial charge in [0.1, 0.15) is 17.6 Å². The van der Waals surface area contributed by atoms with Crippen LogP contribution in [0.3, 0.4) is 0 Å². The Hall–Kier alpha value is -4.06. The Morgan fingerprint density at radius 2 is 1.78 bits per heavy atom. The fraction of sp³-hybridized carbons (Fsp3) is 0.529. The van der Waals surface area contributed by atoms with Gasteiger partial charge in [-0.25, -0.2) is 9.78 Å². The van der Waals surface area contributed by atoms with Gasteiger partial charge in [0.25, 0.3) is 5.91 Å². The van der Waals surface area contributed by atoms with Crippen LogP contribution in [0.15, 0.2) is 53.1 Å². The van der Waals surface area contributed by atoms with Crippen molar-refractivity contribution in [3.63, 3.8) is 0 Å². The number of carbonyl (C=O) groups excluding carboxylic acids is 2. The molecular weight excluding hydrogens is 600 g/mol. The second-order valence-electron chi connectivity index (χ2n) is 14.8. The third-order valence-corrected chi connectivity index (χ3v) is 13.5. The van der Waals surface area contributed by atoms with Gasteiger partial charge in [-0.05, 0) is 83.0 Å². The van der Waals surface area contributed by atoms with Crippen molar-refractivity contribution < 1.29 is 23.2 Å². The van der Waals surface area contributed by atoms with Crippen molar-refractivity contribution in [3.8, 4) is 0 Å². The van der Waals surface area contributed by atoms with E-state index < -0.39 is 13.9 Å². The molecule has 1 aromatic carbocycles. The van der Waals surface area contributed by atoms with Crippen LogP contribution in [0.2, 0.25) is 18.1 Å². The number of oxazole rings is 1. The number of nitrogens with zero attached hydrogens (tertiary/aromatic N) is 5. The topological polar surface area (TPSA) is 115 Å². The number of rotatable bonds is 6. The maximum atomic E-state index is 13.6. The first kappa shape index (κ1) is 33.3. The number of fused-ring (bicyclic) bond motifs is 1. The van der Waals surface area contributed by atoms with E-state index in [4.69, 9.17) is 13.6 Å². The fourth-order valence-electron chi connectivity index (χ4n) is 5.39. The van der Waals surface area contributed by atoms with Gasteiger partial charge in [0, 0.05) is 37.6 Å². The molecule has 1 fully saturated rings. The molecule has 12 heteroatoms. The molecule has 2 aromatic heterocycles. The minimum absolute atomic E-state index is 0.00651. The lowest BCUT2D eigenvalue weighted by Crippen LogP contribution is -2.44. The van der Waals surface area contributed by atoms with Crippen LogP contribution in [0.25, 0.3) is 10.9 Å². The lowest BCUT2D eigenvalue weighted by Gasteiger charge is -2.41. The molecule has 11 nitrogen and oxygen atoms in total. The molecule has 0 bridgehead atoms. The number of allylic oxidation sites excluding steroid dienone is 2. The molecule has 3 aromatic rings. The van der Waals surface area contributed by atoms with E-state index in [2.05, 4.69) is 61.1 Å². The Morgan fingerprint density at radius 3 is 2.43 bits per heavy atom. The van der Waals surface area contributed by atoms with Crippen molar-refractivity contribution in [1.82, 2.24) is 19.7 Å². The molecule has 4 heterocycles. The van der Waals surface area contributed by atoms with Gasteiger partial charge in [-0.3, -0.25) is 9.48 Å². The normalized spacial score (nSPS) is 18.1. The quantitative estimate of drug-likeness (QED) is 0.273. The summed E-state index contributed by atoms with van der Waals surface area (Å²) in [5, 5.41) is 8.55. The molecule has 2 aliphatic rings. The van der Waals surface area contributed by atoms with E-state index in [1.54, 1.807) is 9.58 Å². The molecule has 5 rings (SSSR count). The van der Waals surface area contributed by atoms with Crippen molar-refractivity contribution in [2.45, 2.75) is 97.0 Å². The summed E-state index contributed by atoms with van der Waals surface area (Å²) in [6.45, 7) is 19.9. The molecule has 46 heavy (non-hydrogen) atoms. The standard InChI is InChI=1S/C34H48N6O5Si/c1-22-29(45-46(9,10)34(5,6)7)12-11-15-40(22)28-18-24-20-35-38(8)27(24)19-25(28)36-30(41)26-21-43-31(37-26)23-13-16-39(17-14-23)32(42)44-33(2,3)4/h11-12,15,18-23H,13-14,16-17H2,1-10H3,(H,36,41)/t22-/m0/s1. The highest BCUT2D eigenvalue weighted by molar-refractivity contribution is 6.74. The Kier molecular flexibility index (Phi) is 8.89. The molecule has 0 radical (unpaired) electrons. The summed E-state index contributed by atoms with van der Waals surface area (Å²) in [5.41, 5.74) is 1.99. The van der Waals surface area contributed by atoms with Crippen molar-refractivity contribution in [2.24, 2.45) is 7.05 Å². The number of hydrogen-bond donors (Lipinski definition) is 1. The minimum atomic E-state index is -2.08. The van der Waals surface area contributed by atoms with Crippen LogP contribution >= 0.6 is 0 Å². The summed E-state index contributed by atoms with van der Waals surface area (Å²) in [5.74, 6) is 1.04. The van der Waals surface area contributed by atoms with Crippen molar-refractivity contribution in [3.05, 3.63) is 60.3 Å². The van der Waals surface area contributed by atoms with Gasteiger partial charge in [-0.1, -0.05) is 20.8 Å². The molecule has 0 unspecified atom stereocenters. The van der Waals surface area contributed by atoms with Crippen LogP contribution in [-0.4, -0.2) is 64.7 Å². The highest BCUT2D eigenvalue weighted by Crippen LogP contribution is 2.41. The SMILES string of the molecule is C[C@H]1C(O[Si](C)(C)C(C)(C)C)=CC=CN1c1cc2cnn(C)c2cc1NC(=O)c1coc(C2CCN(C(=O)OC(C)(C)C)CC2)n1. The van der Waals surface area contributed by atoms with Crippen molar-refractivity contribution in [2.75, 3.05) is 23.3 Å². The van der Waals surface area contributed by atoms with Gasteiger partial charge in [0.05, 0.1) is 29.1 Å². The Morgan fingerprint density at radius 1 is 1.09 bits per heavy atom. The molecule has 0 spiro atoms. The first-order valence-electron chi connectivity index (χ1n) is 16.0. The smallest absolute Gasteiger partial charge is 0.410 e. The third-order valence-electron chi connectivity index (χ3n) is 9.16. The van der Waals surface area contributed by atoms with Crippen LogP contribution in [0.1, 0.15) is 83.6 Å². The Balaban J connectivity index is 1.34. The summed E-state index contributed by atoms with van der Waals surface area (Å²) in [4.78, 5) is 34.5.